The van der Waals surface area contributed by atoms with Crippen molar-refractivity contribution in [2.24, 2.45) is 0 Å². The molecule has 0 bridgehead atoms. The predicted molar refractivity (Wildman–Crippen MR) is 55.8 cm³/mol. The molecule has 0 amide bonds. The van der Waals surface area contributed by atoms with Crippen molar-refractivity contribution in [1.82, 2.24) is 5.32 Å². The van der Waals surface area contributed by atoms with Crippen molar-refractivity contribution in [3.05, 3.63) is 35.4 Å². The van der Waals surface area contributed by atoms with E-state index < -0.39 is 0 Å². The number of hydrogen-bond donors (Lipinski definition) is 1. The summed E-state index contributed by atoms with van der Waals surface area (Å²) in [5.41, 5.74) is 3.19. The molecule has 0 spiro atoms. The molecule has 0 radical (unpaired) electrons. The van der Waals surface area contributed by atoms with E-state index in [9.17, 15) is 0 Å². The SMILES string of the molecule is CC1c2ccccc2CNC1(C)C. The Labute approximate surface area is 80.2 Å². The summed E-state index contributed by atoms with van der Waals surface area (Å²) in [7, 11) is 0. The Balaban J connectivity index is 2.45. The van der Waals surface area contributed by atoms with Crippen molar-refractivity contribution in [2.75, 3.05) is 0 Å². The van der Waals surface area contributed by atoms with Crippen molar-refractivity contribution >= 4 is 0 Å². The third-order valence-electron chi connectivity index (χ3n) is 3.34. The van der Waals surface area contributed by atoms with Gasteiger partial charge in [0.1, 0.15) is 0 Å². The summed E-state index contributed by atoms with van der Waals surface area (Å²) in [5.74, 6) is 0.595. The second-order valence-corrected chi connectivity index (χ2v) is 4.50. The molecule has 1 aliphatic rings. The molecule has 0 aromatic heterocycles. The van der Waals surface area contributed by atoms with E-state index in [1.807, 2.05) is 0 Å². The van der Waals surface area contributed by atoms with E-state index in [0.717, 1.165) is 6.54 Å². The van der Waals surface area contributed by atoms with E-state index in [2.05, 4.69) is 50.4 Å². The van der Waals surface area contributed by atoms with E-state index in [0.29, 0.717) is 5.92 Å². The molecule has 70 valence electrons. The highest BCUT2D eigenvalue weighted by molar-refractivity contribution is 5.34. The number of benzene rings is 1. The predicted octanol–water partition coefficient (Wildman–Crippen LogP) is 2.67. The maximum absolute atomic E-state index is 3.56. The fourth-order valence-corrected chi connectivity index (χ4v) is 1.98. The molecule has 1 N–H and O–H groups in total. The maximum Gasteiger partial charge on any atom is 0.0213 e. The average molecular weight is 175 g/mol. The van der Waals surface area contributed by atoms with Crippen LogP contribution in [0.15, 0.2) is 24.3 Å². The second-order valence-electron chi connectivity index (χ2n) is 4.50. The van der Waals surface area contributed by atoms with Gasteiger partial charge < -0.3 is 5.32 Å². The standard InChI is InChI=1S/C12H17N/c1-9-11-7-5-4-6-10(11)8-13-12(9,2)3/h4-7,9,13H,8H2,1-3H3. The van der Waals surface area contributed by atoms with Gasteiger partial charge in [-0.15, -0.1) is 0 Å². The third-order valence-corrected chi connectivity index (χ3v) is 3.34. The first-order valence-electron chi connectivity index (χ1n) is 4.94. The molecular formula is C12H17N. The largest absolute Gasteiger partial charge is 0.307 e. The lowest BCUT2D eigenvalue weighted by atomic mass is 9.78. The Hall–Kier alpha value is -0.820. The molecule has 1 heteroatoms. The lowest BCUT2D eigenvalue weighted by Crippen LogP contribution is -2.46. The summed E-state index contributed by atoms with van der Waals surface area (Å²) in [4.78, 5) is 0. The van der Waals surface area contributed by atoms with Gasteiger partial charge in [0.2, 0.25) is 0 Å². The van der Waals surface area contributed by atoms with Crippen molar-refractivity contribution in [3.63, 3.8) is 0 Å². The van der Waals surface area contributed by atoms with Crippen molar-refractivity contribution in [2.45, 2.75) is 38.8 Å². The zero-order chi connectivity index (χ0) is 9.47. The van der Waals surface area contributed by atoms with Gasteiger partial charge in [0.25, 0.3) is 0 Å². The molecule has 1 unspecified atom stereocenters. The van der Waals surface area contributed by atoms with Gasteiger partial charge in [-0.3, -0.25) is 0 Å². The van der Waals surface area contributed by atoms with Crippen LogP contribution >= 0.6 is 0 Å². The van der Waals surface area contributed by atoms with Crippen molar-refractivity contribution in [1.29, 1.82) is 0 Å². The first kappa shape index (κ1) is 8.76. The zero-order valence-corrected chi connectivity index (χ0v) is 8.59. The molecule has 1 heterocycles. The van der Waals surface area contributed by atoms with Crippen LogP contribution in [0.3, 0.4) is 0 Å². The summed E-state index contributed by atoms with van der Waals surface area (Å²) in [6.07, 6.45) is 0. The van der Waals surface area contributed by atoms with Gasteiger partial charge in [-0.1, -0.05) is 31.2 Å². The normalized spacial score (nSPS) is 25.3. The highest BCUT2D eigenvalue weighted by Gasteiger charge is 2.31. The van der Waals surface area contributed by atoms with Crippen LogP contribution in [-0.4, -0.2) is 5.54 Å². The first-order chi connectivity index (χ1) is 6.11. The Kier molecular flexibility index (Phi) is 1.92. The Bertz CT molecular complexity index is 315. The molecule has 1 nitrogen and oxygen atoms in total. The summed E-state index contributed by atoms with van der Waals surface area (Å²) in [6.45, 7) is 7.85. The van der Waals surface area contributed by atoms with E-state index in [-0.39, 0.29) is 5.54 Å². The minimum Gasteiger partial charge on any atom is -0.307 e. The first-order valence-corrected chi connectivity index (χ1v) is 4.94. The average Bonchev–Trinajstić information content (AvgIpc) is 2.13. The molecule has 13 heavy (non-hydrogen) atoms. The van der Waals surface area contributed by atoms with Crippen LogP contribution in [-0.2, 0) is 6.54 Å². The number of fused-ring (bicyclic) bond motifs is 1. The van der Waals surface area contributed by atoms with Gasteiger partial charge >= 0.3 is 0 Å². The molecule has 0 saturated carbocycles. The molecule has 1 aromatic carbocycles. The quantitative estimate of drug-likeness (QED) is 0.639. The van der Waals surface area contributed by atoms with Gasteiger partial charge in [0.15, 0.2) is 0 Å². The van der Waals surface area contributed by atoms with Gasteiger partial charge in [0, 0.05) is 12.1 Å². The maximum atomic E-state index is 3.56. The fraction of sp³-hybridized carbons (Fsp3) is 0.500. The van der Waals surface area contributed by atoms with Crippen LogP contribution in [0, 0.1) is 0 Å². The van der Waals surface area contributed by atoms with Crippen LogP contribution < -0.4 is 5.32 Å². The van der Waals surface area contributed by atoms with Gasteiger partial charge in [-0.2, -0.15) is 0 Å². The lowest BCUT2D eigenvalue weighted by molar-refractivity contribution is 0.309. The Morgan fingerprint density at radius 2 is 2.00 bits per heavy atom. The van der Waals surface area contributed by atoms with Crippen LogP contribution in [0.4, 0.5) is 0 Å². The Morgan fingerprint density at radius 1 is 1.31 bits per heavy atom. The summed E-state index contributed by atoms with van der Waals surface area (Å²) in [6, 6.07) is 8.72. The number of rotatable bonds is 0. The van der Waals surface area contributed by atoms with Crippen LogP contribution in [0.5, 0.6) is 0 Å². The van der Waals surface area contributed by atoms with Crippen LogP contribution in [0.25, 0.3) is 0 Å². The number of hydrogen-bond acceptors (Lipinski definition) is 1. The fourth-order valence-electron chi connectivity index (χ4n) is 1.98. The smallest absolute Gasteiger partial charge is 0.0213 e. The van der Waals surface area contributed by atoms with E-state index >= 15 is 0 Å². The van der Waals surface area contributed by atoms with Gasteiger partial charge in [-0.25, -0.2) is 0 Å². The molecule has 0 aliphatic carbocycles. The van der Waals surface area contributed by atoms with Gasteiger partial charge in [-0.05, 0) is 30.9 Å². The van der Waals surface area contributed by atoms with Crippen molar-refractivity contribution in [3.8, 4) is 0 Å². The highest BCUT2D eigenvalue weighted by atomic mass is 15.0. The molecule has 1 aliphatic heterocycles. The Morgan fingerprint density at radius 3 is 2.77 bits per heavy atom. The molecule has 0 saturated heterocycles. The van der Waals surface area contributed by atoms with Crippen molar-refractivity contribution < 1.29 is 0 Å². The minimum atomic E-state index is 0.231. The monoisotopic (exact) mass is 175 g/mol. The highest BCUT2D eigenvalue weighted by Crippen LogP contribution is 2.33. The molecule has 1 aromatic rings. The second kappa shape index (κ2) is 2.85. The molecule has 0 fully saturated rings. The summed E-state index contributed by atoms with van der Waals surface area (Å²) >= 11 is 0. The van der Waals surface area contributed by atoms with E-state index in [1.165, 1.54) is 11.1 Å². The minimum absolute atomic E-state index is 0.231. The summed E-state index contributed by atoms with van der Waals surface area (Å²) < 4.78 is 0. The molecular weight excluding hydrogens is 158 g/mol. The lowest BCUT2D eigenvalue weighted by Gasteiger charge is -2.39. The molecule has 1 atom stereocenters. The number of nitrogens with one attached hydrogen (secondary N) is 1. The van der Waals surface area contributed by atoms with E-state index in [1.54, 1.807) is 0 Å². The van der Waals surface area contributed by atoms with Crippen LogP contribution in [0.1, 0.15) is 37.8 Å². The zero-order valence-electron chi connectivity index (χ0n) is 8.59. The van der Waals surface area contributed by atoms with Crippen LogP contribution in [0.2, 0.25) is 0 Å². The topological polar surface area (TPSA) is 12.0 Å². The van der Waals surface area contributed by atoms with E-state index in [4.69, 9.17) is 0 Å². The van der Waals surface area contributed by atoms with Gasteiger partial charge in [0.05, 0.1) is 0 Å². The summed E-state index contributed by atoms with van der Waals surface area (Å²) in [5, 5.41) is 3.56. The third kappa shape index (κ3) is 1.37. The molecule has 2 rings (SSSR count).